The summed E-state index contributed by atoms with van der Waals surface area (Å²) in [6.07, 6.45) is -0.445. The molecule has 0 bridgehead atoms. The van der Waals surface area contributed by atoms with Crippen molar-refractivity contribution in [2.24, 2.45) is 0 Å². The average Bonchev–Trinajstić information content (AvgIpc) is 2.63. The summed E-state index contributed by atoms with van der Waals surface area (Å²) in [5, 5.41) is 10.2. The largest absolute Gasteiger partial charge is 0.414 e. The van der Waals surface area contributed by atoms with Crippen LogP contribution in [0, 0.1) is 0 Å². The molecular weight excluding hydrogens is 324 g/mol. The third kappa shape index (κ3) is 5.37. The molecule has 138 valence electrons. The summed E-state index contributed by atoms with van der Waals surface area (Å²) in [6, 6.07) is 0. The van der Waals surface area contributed by atoms with Crippen LogP contribution in [0.3, 0.4) is 0 Å². The first-order chi connectivity index (χ1) is 10.1. The Morgan fingerprint density at radius 1 is 0.957 bits per heavy atom. The molecule has 0 aromatic heterocycles. The topological polar surface area (TPSA) is 47.9 Å². The first-order valence-corrected chi connectivity index (χ1v) is 14.5. The molecule has 6 heteroatoms. The maximum absolute atomic E-state index is 9.93. The van der Waals surface area contributed by atoms with Gasteiger partial charge in [-0.05, 0) is 36.3 Å². The zero-order valence-corrected chi connectivity index (χ0v) is 18.8. The van der Waals surface area contributed by atoms with Crippen molar-refractivity contribution >= 4 is 16.6 Å². The van der Waals surface area contributed by atoms with Crippen LogP contribution in [-0.2, 0) is 13.6 Å². The number of ether oxygens (including phenoxy) is 1. The van der Waals surface area contributed by atoms with E-state index in [-0.39, 0.29) is 22.3 Å². The smallest absolute Gasteiger partial charge is 0.192 e. The van der Waals surface area contributed by atoms with E-state index in [1.807, 2.05) is 0 Å². The van der Waals surface area contributed by atoms with Crippen molar-refractivity contribution in [2.75, 3.05) is 6.61 Å². The van der Waals surface area contributed by atoms with Crippen LogP contribution in [-0.4, -0.2) is 46.8 Å². The van der Waals surface area contributed by atoms with Gasteiger partial charge in [0.15, 0.2) is 22.9 Å². The predicted octanol–water partition coefficient (Wildman–Crippen LogP) is 4.51. The zero-order chi connectivity index (χ0) is 18.3. The highest BCUT2D eigenvalue weighted by atomic mass is 28.4. The highest BCUT2D eigenvalue weighted by Crippen LogP contribution is 2.40. The summed E-state index contributed by atoms with van der Waals surface area (Å²) in [6.45, 7) is 22.8. The molecule has 1 saturated heterocycles. The fourth-order valence-electron chi connectivity index (χ4n) is 2.03. The third-order valence-electron chi connectivity index (χ3n) is 5.85. The Hall–Kier alpha value is 0.274. The highest BCUT2D eigenvalue weighted by molar-refractivity contribution is 6.74. The Kier molecular flexibility index (Phi) is 6.38. The first kappa shape index (κ1) is 21.3. The maximum atomic E-state index is 9.93. The molecule has 0 saturated carbocycles. The number of aliphatic hydroxyl groups is 1. The average molecular weight is 363 g/mol. The lowest BCUT2D eigenvalue weighted by molar-refractivity contribution is -0.105. The van der Waals surface area contributed by atoms with Crippen LogP contribution in [0.25, 0.3) is 0 Å². The van der Waals surface area contributed by atoms with Crippen molar-refractivity contribution in [1.82, 2.24) is 0 Å². The van der Waals surface area contributed by atoms with E-state index in [1.54, 1.807) is 0 Å². The van der Waals surface area contributed by atoms with E-state index >= 15 is 0 Å². The predicted molar refractivity (Wildman–Crippen MR) is 101 cm³/mol. The molecule has 0 amide bonds. The highest BCUT2D eigenvalue weighted by Gasteiger charge is 2.45. The van der Waals surface area contributed by atoms with Gasteiger partial charge in [-0.25, -0.2) is 0 Å². The molecule has 0 aliphatic carbocycles. The van der Waals surface area contributed by atoms with Gasteiger partial charge in [0.25, 0.3) is 0 Å². The van der Waals surface area contributed by atoms with Gasteiger partial charge in [0.1, 0.15) is 6.10 Å². The van der Waals surface area contributed by atoms with Crippen LogP contribution in [0.4, 0.5) is 0 Å². The normalized spacial score (nSPS) is 27.5. The second-order valence-electron chi connectivity index (χ2n) is 9.85. The molecule has 3 atom stereocenters. The van der Waals surface area contributed by atoms with Gasteiger partial charge >= 0.3 is 0 Å². The van der Waals surface area contributed by atoms with E-state index < -0.39 is 22.9 Å². The Labute approximate surface area is 145 Å². The van der Waals surface area contributed by atoms with Gasteiger partial charge < -0.3 is 18.7 Å². The molecule has 1 N–H and O–H groups in total. The van der Waals surface area contributed by atoms with Crippen molar-refractivity contribution in [1.29, 1.82) is 0 Å². The lowest BCUT2D eigenvalue weighted by Crippen LogP contribution is -2.48. The molecule has 0 spiro atoms. The van der Waals surface area contributed by atoms with Gasteiger partial charge in [-0.3, -0.25) is 0 Å². The summed E-state index contributed by atoms with van der Waals surface area (Å²) in [5.41, 5.74) is 0. The first-order valence-electron chi connectivity index (χ1n) is 8.72. The van der Waals surface area contributed by atoms with E-state index in [2.05, 4.69) is 67.7 Å². The van der Waals surface area contributed by atoms with E-state index in [1.165, 1.54) is 0 Å². The SMILES string of the molecule is CC(C)(C)[Si](C)(C)OC[C@H]1O[C@@H](O)C[C@H]1O[Si](C)(C)C(C)(C)C. The number of rotatable bonds is 5. The van der Waals surface area contributed by atoms with Crippen molar-refractivity contribution in [3.8, 4) is 0 Å². The summed E-state index contributed by atoms with van der Waals surface area (Å²) >= 11 is 0. The molecule has 1 fully saturated rings. The fraction of sp³-hybridized carbons (Fsp3) is 1.00. The minimum Gasteiger partial charge on any atom is -0.414 e. The lowest BCUT2D eigenvalue weighted by atomic mass is 10.2. The van der Waals surface area contributed by atoms with Crippen LogP contribution < -0.4 is 0 Å². The van der Waals surface area contributed by atoms with Crippen LogP contribution in [0.5, 0.6) is 0 Å². The van der Waals surface area contributed by atoms with Crippen molar-refractivity contribution < 1.29 is 18.7 Å². The van der Waals surface area contributed by atoms with E-state index in [9.17, 15) is 5.11 Å². The monoisotopic (exact) mass is 362 g/mol. The minimum atomic E-state index is -1.89. The Morgan fingerprint density at radius 3 is 1.87 bits per heavy atom. The van der Waals surface area contributed by atoms with Gasteiger partial charge in [-0.1, -0.05) is 41.5 Å². The van der Waals surface area contributed by atoms with E-state index in [0.29, 0.717) is 13.0 Å². The maximum Gasteiger partial charge on any atom is 0.192 e. The van der Waals surface area contributed by atoms with Gasteiger partial charge in [-0.2, -0.15) is 0 Å². The molecule has 0 aromatic rings. The van der Waals surface area contributed by atoms with E-state index in [4.69, 9.17) is 13.6 Å². The van der Waals surface area contributed by atoms with Gasteiger partial charge in [0, 0.05) is 6.42 Å². The summed E-state index contributed by atoms with van der Waals surface area (Å²) in [5.74, 6) is 0. The van der Waals surface area contributed by atoms with Crippen molar-refractivity contribution in [3.63, 3.8) is 0 Å². The number of hydrogen-bond acceptors (Lipinski definition) is 4. The van der Waals surface area contributed by atoms with Gasteiger partial charge in [-0.15, -0.1) is 0 Å². The Balaban J connectivity index is 2.74. The molecular formula is C17H38O4Si2. The van der Waals surface area contributed by atoms with Gasteiger partial charge in [0.2, 0.25) is 0 Å². The fourth-order valence-corrected chi connectivity index (χ4v) is 4.40. The summed E-state index contributed by atoms with van der Waals surface area (Å²) in [7, 11) is -3.71. The Morgan fingerprint density at radius 2 is 1.43 bits per heavy atom. The molecule has 0 radical (unpaired) electrons. The van der Waals surface area contributed by atoms with Gasteiger partial charge in [0.05, 0.1) is 12.7 Å². The third-order valence-corrected chi connectivity index (χ3v) is 14.9. The second-order valence-corrected chi connectivity index (χ2v) is 19.4. The van der Waals surface area contributed by atoms with Crippen molar-refractivity contribution in [3.05, 3.63) is 0 Å². The molecule has 1 aliphatic heterocycles. The van der Waals surface area contributed by atoms with Crippen molar-refractivity contribution in [2.45, 2.75) is 103 Å². The molecule has 0 aromatic carbocycles. The second kappa shape index (κ2) is 6.88. The summed E-state index contributed by atoms with van der Waals surface area (Å²) in [4.78, 5) is 0. The number of hydrogen-bond donors (Lipinski definition) is 1. The Bertz CT molecular complexity index is 396. The van der Waals surface area contributed by atoms with Crippen LogP contribution >= 0.6 is 0 Å². The molecule has 23 heavy (non-hydrogen) atoms. The molecule has 4 nitrogen and oxygen atoms in total. The van der Waals surface area contributed by atoms with Crippen LogP contribution in [0.2, 0.25) is 36.3 Å². The number of aliphatic hydroxyl groups excluding tert-OH is 1. The standard InChI is InChI=1S/C17H38O4Si2/c1-16(2,3)22(7,8)19-12-14-13(11-15(18)20-14)21-23(9,10)17(4,5)6/h13-15,18H,11-12H2,1-10H3/t13-,14-,15-/m1/s1. The van der Waals surface area contributed by atoms with E-state index in [0.717, 1.165) is 0 Å². The quantitative estimate of drug-likeness (QED) is 0.731. The van der Waals surface area contributed by atoms with Crippen LogP contribution in [0.1, 0.15) is 48.0 Å². The molecule has 1 aliphatic rings. The van der Waals surface area contributed by atoms with Crippen LogP contribution in [0.15, 0.2) is 0 Å². The zero-order valence-electron chi connectivity index (χ0n) is 16.8. The minimum absolute atomic E-state index is 0.0735. The molecule has 0 unspecified atom stereocenters. The lowest BCUT2D eigenvalue weighted by Gasteiger charge is -2.40. The molecule has 1 heterocycles. The summed E-state index contributed by atoms with van der Waals surface area (Å²) < 4.78 is 18.5. The molecule has 1 rings (SSSR count).